The van der Waals surface area contributed by atoms with E-state index >= 15 is 0 Å². The van der Waals surface area contributed by atoms with Gasteiger partial charge in [-0.3, -0.25) is 0 Å². The quantitative estimate of drug-likeness (QED) is 0.613. The number of aliphatic hydroxyl groups is 1. The molecule has 0 aromatic heterocycles. The highest BCUT2D eigenvalue weighted by Gasteiger charge is 2.27. The first-order valence-electron chi connectivity index (χ1n) is 5.93. The Hall–Kier alpha value is -1.14. The third-order valence-corrected chi connectivity index (χ3v) is 2.65. The van der Waals surface area contributed by atoms with Gasteiger partial charge in [-0.25, -0.2) is 4.39 Å². The lowest BCUT2D eigenvalue weighted by molar-refractivity contribution is -0.174. The third-order valence-electron chi connectivity index (χ3n) is 2.65. The molecule has 1 rings (SSSR count). The lowest BCUT2D eigenvalue weighted by Crippen LogP contribution is -2.17. The van der Waals surface area contributed by atoms with Crippen molar-refractivity contribution in [2.45, 2.75) is 24.9 Å². The zero-order chi connectivity index (χ0) is 14.3. The SMILES string of the molecule is OCC(CCCOCC(F)(F)F)c1cccc(F)c1. The van der Waals surface area contributed by atoms with Crippen LogP contribution in [0.5, 0.6) is 0 Å². The lowest BCUT2D eigenvalue weighted by Gasteiger charge is -2.15. The minimum absolute atomic E-state index is 0.0364. The Morgan fingerprint density at radius 2 is 2.00 bits per heavy atom. The van der Waals surface area contributed by atoms with E-state index in [4.69, 9.17) is 0 Å². The van der Waals surface area contributed by atoms with E-state index in [1.807, 2.05) is 0 Å². The van der Waals surface area contributed by atoms with Gasteiger partial charge in [0.1, 0.15) is 12.4 Å². The van der Waals surface area contributed by atoms with Gasteiger partial charge < -0.3 is 9.84 Å². The largest absolute Gasteiger partial charge is 0.411 e. The molecular formula is C13H16F4O2. The average molecular weight is 280 g/mol. The van der Waals surface area contributed by atoms with Crippen LogP contribution >= 0.6 is 0 Å². The van der Waals surface area contributed by atoms with Crippen molar-refractivity contribution in [3.63, 3.8) is 0 Å². The molecule has 1 N–H and O–H groups in total. The first-order valence-corrected chi connectivity index (χ1v) is 5.93. The summed E-state index contributed by atoms with van der Waals surface area (Å²) in [5.74, 6) is -0.686. The molecule has 1 atom stereocenters. The van der Waals surface area contributed by atoms with E-state index < -0.39 is 18.6 Å². The van der Waals surface area contributed by atoms with Crippen LogP contribution in [-0.4, -0.2) is 31.1 Å². The molecule has 0 spiro atoms. The standard InChI is InChI=1S/C13H16F4O2/c14-12-5-1-3-10(7-12)11(8-18)4-2-6-19-9-13(15,16)17/h1,3,5,7,11,18H,2,4,6,8-9H2. The van der Waals surface area contributed by atoms with Gasteiger partial charge in [0.15, 0.2) is 0 Å². The highest BCUT2D eigenvalue weighted by Crippen LogP contribution is 2.22. The first kappa shape index (κ1) is 15.9. The van der Waals surface area contributed by atoms with Crippen LogP contribution in [0.1, 0.15) is 24.3 Å². The van der Waals surface area contributed by atoms with Gasteiger partial charge in [0.25, 0.3) is 0 Å². The molecule has 0 heterocycles. The van der Waals surface area contributed by atoms with Crippen molar-refractivity contribution < 1.29 is 27.4 Å². The van der Waals surface area contributed by atoms with E-state index in [0.717, 1.165) is 0 Å². The predicted molar refractivity (Wildman–Crippen MR) is 62.3 cm³/mol. The summed E-state index contributed by atoms with van der Waals surface area (Å²) in [5.41, 5.74) is 0.637. The topological polar surface area (TPSA) is 29.5 Å². The van der Waals surface area contributed by atoms with Gasteiger partial charge in [0.05, 0.1) is 0 Å². The second kappa shape index (κ2) is 7.45. The van der Waals surface area contributed by atoms with E-state index in [9.17, 15) is 22.7 Å². The van der Waals surface area contributed by atoms with Crippen LogP contribution in [0.25, 0.3) is 0 Å². The second-order valence-corrected chi connectivity index (χ2v) is 4.24. The summed E-state index contributed by atoms with van der Waals surface area (Å²) in [6.45, 7) is -1.48. The Morgan fingerprint density at radius 1 is 1.26 bits per heavy atom. The number of ether oxygens (including phenoxy) is 1. The zero-order valence-electron chi connectivity index (χ0n) is 10.3. The van der Waals surface area contributed by atoms with Crippen molar-refractivity contribution in [3.8, 4) is 0 Å². The van der Waals surface area contributed by atoms with Crippen LogP contribution < -0.4 is 0 Å². The van der Waals surface area contributed by atoms with Crippen LogP contribution in [-0.2, 0) is 4.74 Å². The highest BCUT2D eigenvalue weighted by atomic mass is 19.4. The smallest absolute Gasteiger partial charge is 0.396 e. The van der Waals surface area contributed by atoms with E-state index in [0.29, 0.717) is 18.4 Å². The molecular weight excluding hydrogens is 264 g/mol. The third kappa shape index (κ3) is 6.54. The van der Waals surface area contributed by atoms with Crippen molar-refractivity contribution >= 4 is 0 Å². The fourth-order valence-corrected chi connectivity index (χ4v) is 1.74. The minimum atomic E-state index is -4.32. The van der Waals surface area contributed by atoms with Gasteiger partial charge in [0, 0.05) is 19.1 Å². The maximum atomic E-state index is 13.0. The van der Waals surface area contributed by atoms with Crippen molar-refractivity contribution in [1.29, 1.82) is 0 Å². The van der Waals surface area contributed by atoms with E-state index in [-0.39, 0.29) is 19.1 Å². The molecule has 0 aliphatic heterocycles. The number of hydrogen-bond donors (Lipinski definition) is 1. The predicted octanol–water partition coefficient (Wildman–Crippen LogP) is 3.26. The normalized spacial score (nSPS) is 13.5. The van der Waals surface area contributed by atoms with Crippen molar-refractivity contribution in [2.24, 2.45) is 0 Å². The average Bonchev–Trinajstić information content (AvgIpc) is 2.32. The van der Waals surface area contributed by atoms with Crippen LogP contribution in [0.2, 0.25) is 0 Å². The van der Waals surface area contributed by atoms with Crippen LogP contribution in [0, 0.1) is 5.82 Å². The summed E-state index contributed by atoms with van der Waals surface area (Å²) in [5, 5.41) is 9.21. The van der Waals surface area contributed by atoms with E-state index in [1.54, 1.807) is 6.07 Å². The number of aliphatic hydroxyl groups excluding tert-OH is 1. The molecule has 2 nitrogen and oxygen atoms in total. The molecule has 1 unspecified atom stereocenters. The monoisotopic (exact) mass is 280 g/mol. The Labute approximate surface area is 109 Å². The molecule has 0 saturated heterocycles. The molecule has 6 heteroatoms. The molecule has 0 saturated carbocycles. The number of alkyl halides is 3. The zero-order valence-corrected chi connectivity index (χ0v) is 10.3. The van der Waals surface area contributed by atoms with Gasteiger partial charge >= 0.3 is 6.18 Å². The fraction of sp³-hybridized carbons (Fsp3) is 0.538. The summed E-state index contributed by atoms with van der Waals surface area (Å²) in [7, 11) is 0. The summed E-state index contributed by atoms with van der Waals surface area (Å²) >= 11 is 0. The Balaban J connectivity index is 2.34. The maximum Gasteiger partial charge on any atom is 0.411 e. The first-order chi connectivity index (χ1) is 8.92. The van der Waals surface area contributed by atoms with E-state index in [1.165, 1.54) is 18.2 Å². The number of rotatable bonds is 7. The highest BCUT2D eigenvalue weighted by molar-refractivity contribution is 5.20. The van der Waals surface area contributed by atoms with Crippen molar-refractivity contribution in [2.75, 3.05) is 19.8 Å². The number of benzene rings is 1. The van der Waals surface area contributed by atoms with Crippen molar-refractivity contribution in [3.05, 3.63) is 35.6 Å². The molecule has 19 heavy (non-hydrogen) atoms. The Kier molecular flexibility index (Phi) is 6.24. The van der Waals surface area contributed by atoms with Crippen LogP contribution in [0.4, 0.5) is 17.6 Å². The van der Waals surface area contributed by atoms with Gasteiger partial charge in [0.2, 0.25) is 0 Å². The van der Waals surface area contributed by atoms with Gasteiger partial charge in [-0.15, -0.1) is 0 Å². The minimum Gasteiger partial charge on any atom is -0.396 e. The molecule has 0 bridgehead atoms. The van der Waals surface area contributed by atoms with Gasteiger partial charge in [-0.2, -0.15) is 13.2 Å². The molecule has 0 radical (unpaired) electrons. The molecule has 0 amide bonds. The Bertz CT molecular complexity index is 379. The summed E-state index contributed by atoms with van der Waals surface area (Å²) in [6.07, 6.45) is -3.51. The fourth-order valence-electron chi connectivity index (χ4n) is 1.74. The second-order valence-electron chi connectivity index (χ2n) is 4.24. The van der Waals surface area contributed by atoms with E-state index in [2.05, 4.69) is 4.74 Å². The molecule has 0 aliphatic carbocycles. The van der Waals surface area contributed by atoms with Gasteiger partial charge in [-0.1, -0.05) is 12.1 Å². The lowest BCUT2D eigenvalue weighted by atomic mass is 9.95. The number of halogens is 4. The molecule has 108 valence electrons. The summed E-state index contributed by atoms with van der Waals surface area (Å²) in [6, 6.07) is 5.83. The number of hydrogen-bond acceptors (Lipinski definition) is 2. The molecule has 0 aliphatic rings. The summed E-state index contributed by atoms with van der Waals surface area (Å²) in [4.78, 5) is 0. The van der Waals surface area contributed by atoms with Gasteiger partial charge in [-0.05, 0) is 30.5 Å². The molecule has 1 aromatic carbocycles. The van der Waals surface area contributed by atoms with Crippen LogP contribution in [0.3, 0.4) is 0 Å². The Morgan fingerprint density at radius 3 is 2.58 bits per heavy atom. The van der Waals surface area contributed by atoms with Crippen molar-refractivity contribution in [1.82, 2.24) is 0 Å². The maximum absolute atomic E-state index is 13.0. The summed E-state index contributed by atoms with van der Waals surface area (Å²) < 4.78 is 52.9. The molecule has 0 fully saturated rings. The van der Waals surface area contributed by atoms with Crippen LogP contribution in [0.15, 0.2) is 24.3 Å². The molecule has 1 aromatic rings.